The van der Waals surface area contributed by atoms with Gasteiger partial charge >= 0.3 is 0 Å². The van der Waals surface area contributed by atoms with Crippen LogP contribution in [0.25, 0.3) is 0 Å². The van der Waals surface area contributed by atoms with Crippen molar-refractivity contribution in [1.82, 2.24) is 5.32 Å². The highest BCUT2D eigenvalue weighted by Gasteiger charge is 2.04. The summed E-state index contributed by atoms with van der Waals surface area (Å²) in [6.07, 6.45) is 2.60. The third-order valence-corrected chi connectivity index (χ3v) is 4.17. The molecule has 2 aromatic heterocycles. The number of rotatable bonds is 8. The molecule has 0 atom stereocenters. The Morgan fingerprint density at radius 3 is 2.84 bits per heavy atom. The van der Waals surface area contributed by atoms with E-state index in [4.69, 9.17) is 13.6 Å². The Balaban J connectivity index is 1.50. The maximum Gasteiger partial charge on any atom is 0.183 e. The smallest absolute Gasteiger partial charge is 0.183 e. The molecule has 1 N–H and O–H groups in total. The molecule has 2 heterocycles. The number of hydrogen-bond donors (Lipinski definition) is 1. The standard InChI is InChI=1S/C13H15Br2NO3/c14-12-7-11(19-13(12)15)8-16-4-2-5-17-9-10-3-1-6-18-10/h1,3,6-7,16H,2,4-5,8-9H2. The van der Waals surface area contributed by atoms with Gasteiger partial charge in [-0.15, -0.1) is 0 Å². The second kappa shape index (κ2) is 7.89. The van der Waals surface area contributed by atoms with Crippen LogP contribution in [-0.4, -0.2) is 13.2 Å². The second-order valence-electron chi connectivity index (χ2n) is 4.00. The summed E-state index contributed by atoms with van der Waals surface area (Å²) < 4.78 is 17.8. The Kier molecular flexibility index (Phi) is 6.16. The molecular formula is C13H15Br2NO3. The van der Waals surface area contributed by atoms with Crippen LogP contribution in [0, 0.1) is 0 Å². The van der Waals surface area contributed by atoms with Crippen molar-refractivity contribution in [1.29, 1.82) is 0 Å². The lowest BCUT2D eigenvalue weighted by atomic mass is 10.4. The Bertz CT molecular complexity index is 463. The normalized spacial score (nSPS) is 11.1. The zero-order valence-corrected chi connectivity index (χ0v) is 13.5. The van der Waals surface area contributed by atoms with E-state index >= 15 is 0 Å². The fourth-order valence-corrected chi connectivity index (χ4v) is 2.22. The van der Waals surface area contributed by atoms with E-state index in [1.54, 1.807) is 6.26 Å². The van der Waals surface area contributed by atoms with Crippen molar-refractivity contribution >= 4 is 31.9 Å². The summed E-state index contributed by atoms with van der Waals surface area (Å²) in [6.45, 7) is 2.83. The van der Waals surface area contributed by atoms with E-state index in [2.05, 4.69) is 37.2 Å². The first kappa shape index (κ1) is 14.8. The molecule has 0 unspecified atom stereocenters. The maximum absolute atomic E-state index is 5.48. The Morgan fingerprint density at radius 1 is 1.26 bits per heavy atom. The zero-order chi connectivity index (χ0) is 13.5. The van der Waals surface area contributed by atoms with E-state index in [0.717, 1.165) is 33.6 Å². The fourth-order valence-electron chi connectivity index (χ4n) is 1.56. The van der Waals surface area contributed by atoms with E-state index in [9.17, 15) is 0 Å². The quantitative estimate of drug-likeness (QED) is 0.687. The van der Waals surface area contributed by atoms with Crippen LogP contribution in [0.15, 0.2) is 42.4 Å². The monoisotopic (exact) mass is 391 g/mol. The highest BCUT2D eigenvalue weighted by molar-refractivity contribution is 9.13. The van der Waals surface area contributed by atoms with Crippen LogP contribution in [0.3, 0.4) is 0 Å². The highest BCUT2D eigenvalue weighted by Crippen LogP contribution is 2.26. The summed E-state index contributed by atoms with van der Waals surface area (Å²) in [6, 6.07) is 5.72. The third-order valence-electron chi connectivity index (χ3n) is 2.46. The van der Waals surface area contributed by atoms with Gasteiger partial charge in [-0.3, -0.25) is 0 Å². The molecule has 0 aliphatic rings. The lowest BCUT2D eigenvalue weighted by Crippen LogP contribution is -2.15. The molecule has 0 aromatic carbocycles. The molecule has 4 nitrogen and oxygen atoms in total. The van der Waals surface area contributed by atoms with Crippen molar-refractivity contribution < 1.29 is 13.6 Å². The third kappa shape index (κ3) is 5.14. The van der Waals surface area contributed by atoms with Crippen LogP contribution in [0.4, 0.5) is 0 Å². The van der Waals surface area contributed by atoms with Gasteiger partial charge in [0, 0.05) is 6.61 Å². The van der Waals surface area contributed by atoms with Crippen LogP contribution >= 0.6 is 31.9 Å². The number of ether oxygens (including phenoxy) is 1. The molecule has 0 amide bonds. The van der Waals surface area contributed by atoms with Crippen molar-refractivity contribution in [3.8, 4) is 0 Å². The van der Waals surface area contributed by atoms with E-state index < -0.39 is 0 Å². The van der Waals surface area contributed by atoms with Crippen LogP contribution in [-0.2, 0) is 17.9 Å². The molecule has 0 aliphatic heterocycles. The topological polar surface area (TPSA) is 47.5 Å². The molecule has 6 heteroatoms. The first-order chi connectivity index (χ1) is 9.25. The lowest BCUT2D eigenvalue weighted by Gasteiger charge is -2.03. The number of hydrogen-bond acceptors (Lipinski definition) is 4. The average molecular weight is 393 g/mol. The zero-order valence-electron chi connectivity index (χ0n) is 10.3. The summed E-state index contributed by atoms with van der Waals surface area (Å²) in [5.74, 6) is 1.76. The molecule has 0 saturated carbocycles. The number of nitrogens with one attached hydrogen (secondary N) is 1. The van der Waals surface area contributed by atoms with Gasteiger partial charge in [0.25, 0.3) is 0 Å². The molecular weight excluding hydrogens is 378 g/mol. The Morgan fingerprint density at radius 2 is 2.16 bits per heavy atom. The van der Waals surface area contributed by atoms with Crippen molar-refractivity contribution in [3.63, 3.8) is 0 Å². The van der Waals surface area contributed by atoms with Gasteiger partial charge in [0.1, 0.15) is 18.1 Å². The maximum atomic E-state index is 5.48. The van der Waals surface area contributed by atoms with Gasteiger partial charge < -0.3 is 18.9 Å². The molecule has 0 bridgehead atoms. The first-order valence-corrected chi connectivity index (χ1v) is 7.59. The van der Waals surface area contributed by atoms with E-state index in [1.807, 2.05) is 18.2 Å². The van der Waals surface area contributed by atoms with Crippen LogP contribution in [0.2, 0.25) is 0 Å². The number of halogens is 2. The van der Waals surface area contributed by atoms with Crippen molar-refractivity contribution in [2.24, 2.45) is 0 Å². The van der Waals surface area contributed by atoms with Gasteiger partial charge in [-0.25, -0.2) is 0 Å². The SMILES string of the molecule is Brc1cc(CNCCCOCc2ccco2)oc1Br. The summed E-state index contributed by atoms with van der Waals surface area (Å²) in [4.78, 5) is 0. The molecule has 0 radical (unpaired) electrons. The highest BCUT2D eigenvalue weighted by atomic mass is 79.9. The molecule has 0 aliphatic carbocycles. The Labute approximate surface area is 128 Å². The van der Waals surface area contributed by atoms with Gasteiger partial charge in [-0.1, -0.05) is 0 Å². The van der Waals surface area contributed by atoms with Crippen molar-refractivity contribution in [2.75, 3.05) is 13.2 Å². The van der Waals surface area contributed by atoms with E-state index in [-0.39, 0.29) is 0 Å². The second-order valence-corrected chi connectivity index (χ2v) is 5.57. The molecule has 0 saturated heterocycles. The van der Waals surface area contributed by atoms with Crippen LogP contribution in [0.5, 0.6) is 0 Å². The minimum atomic E-state index is 0.533. The van der Waals surface area contributed by atoms with Crippen LogP contribution < -0.4 is 5.32 Å². The summed E-state index contributed by atoms with van der Waals surface area (Å²) in [5.41, 5.74) is 0. The largest absolute Gasteiger partial charge is 0.467 e. The van der Waals surface area contributed by atoms with Crippen molar-refractivity contribution in [2.45, 2.75) is 19.6 Å². The molecule has 0 spiro atoms. The minimum absolute atomic E-state index is 0.533. The van der Waals surface area contributed by atoms with Gasteiger partial charge in [0.2, 0.25) is 0 Å². The van der Waals surface area contributed by atoms with E-state index in [0.29, 0.717) is 19.8 Å². The van der Waals surface area contributed by atoms with Crippen molar-refractivity contribution in [3.05, 3.63) is 45.1 Å². The molecule has 2 aromatic rings. The van der Waals surface area contributed by atoms with E-state index in [1.165, 1.54) is 0 Å². The molecule has 0 fully saturated rings. The fraction of sp³-hybridized carbons (Fsp3) is 0.385. The predicted octanol–water partition coefficient (Wildman–Crippen LogP) is 4.09. The first-order valence-electron chi connectivity index (χ1n) is 6.00. The molecule has 19 heavy (non-hydrogen) atoms. The van der Waals surface area contributed by atoms with Gasteiger partial charge in [-0.2, -0.15) is 0 Å². The van der Waals surface area contributed by atoms with Gasteiger partial charge in [-0.05, 0) is 63.0 Å². The number of furan rings is 2. The van der Waals surface area contributed by atoms with Crippen LogP contribution in [0.1, 0.15) is 17.9 Å². The summed E-state index contributed by atoms with van der Waals surface area (Å²) >= 11 is 6.69. The molecule has 2 rings (SSSR count). The minimum Gasteiger partial charge on any atom is -0.467 e. The Hall–Kier alpha value is -0.560. The molecule has 104 valence electrons. The summed E-state index contributed by atoms with van der Waals surface area (Å²) in [5, 5.41) is 3.30. The van der Waals surface area contributed by atoms with Gasteiger partial charge in [0.05, 0.1) is 17.3 Å². The predicted molar refractivity (Wildman–Crippen MR) is 78.8 cm³/mol. The van der Waals surface area contributed by atoms with Gasteiger partial charge in [0.15, 0.2) is 4.67 Å². The lowest BCUT2D eigenvalue weighted by molar-refractivity contribution is 0.104. The average Bonchev–Trinajstić information content (AvgIpc) is 2.99. The summed E-state index contributed by atoms with van der Waals surface area (Å²) in [7, 11) is 0.